The molecule has 2 amide bonds. The number of carboxylic acid groups (broad SMARTS) is 2. The second kappa shape index (κ2) is 9.88. The van der Waals surface area contributed by atoms with E-state index in [9.17, 15) is 19.2 Å². The Kier molecular flexibility index (Phi) is 7.77. The predicted molar refractivity (Wildman–Crippen MR) is 92.4 cm³/mol. The third kappa shape index (κ3) is 6.41. The Morgan fingerprint density at radius 2 is 1.07 bits per heavy atom. The summed E-state index contributed by atoms with van der Waals surface area (Å²) in [6, 6.07) is 0. The molecule has 0 aliphatic carbocycles. The summed E-state index contributed by atoms with van der Waals surface area (Å²) >= 11 is 0. The molecule has 2 saturated heterocycles. The third-order valence-corrected chi connectivity index (χ3v) is 4.17. The average Bonchev–Trinajstić information content (AvgIpc) is 2.69. The minimum Gasteiger partial charge on any atom is -0.477 e. The summed E-state index contributed by atoms with van der Waals surface area (Å²) in [5.74, 6) is -6.13. The molecule has 0 aromatic rings. The van der Waals surface area contributed by atoms with Gasteiger partial charge in [-0.2, -0.15) is 0 Å². The van der Waals surface area contributed by atoms with E-state index < -0.39 is 47.9 Å². The van der Waals surface area contributed by atoms with Crippen molar-refractivity contribution in [3.63, 3.8) is 0 Å². The number of alkyl carbamates (subject to hydrolysis) is 2. The van der Waals surface area contributed by atoms with Gasteiger partial charge in [0.05, 0.1) is 26.4 Å². The predicted octanol–water partition coefficient (Wildman–Crippen LogP) is -1.13. The fraction of sp³-hybridized carbons (Fsp3) is 0.750. The molecule has 0 saturated carbocycles. The quantitative estimate of drug-likeness (QED) is 0.352. The van der Waals surface area contributed by atoms with E-state index in [1.807, 2.05) is 0 Å². The third-order valence-electron chi connectivity index (χ3n) is 4.17. The highest BCUT2D eigenvalue weighted by Crippen LogP contribution is 2.20. The summed E-state index contributed by atoms with van der Waals surface area (Å²) in [5, 5.41) is 22.7. The number of ether oxygens (including phenoxy) is 6. The molecule has 14 nitrogen and oxygen atoms in total. The number of rotatable bonds is 7. The molecule has 2 rings (SSSR count). The van der Waals surface area contributed by atoms with Crippen LogP contribution in [0.1, 0.15) is 13.8 Å². The normalized spacial score (nSPS) is 31.3. The number of nitrogens with one attached hydrogen (secondary N) is 2. The van der Waals surface area contributed by atoms with Gasteiger partial charge in [-0.1, -0.05) is 0 Å². The molecule has 0 aromatic heterocycles. The van der Waals surface area contributed by atoms with Gasteiger partial charge in [-0.05, 0) is 0 Å². The van der Waals surface area contributed by atoms with Gasteiger partial charge in [-0.15, -0.1) is 0 Å². The van der Waals surface area contributed by atoms with E-state index in [0.717, 1.165) is 0 Å². The van der Waals surface area contributed by atoms with Crippen molar-refractivity contribution in [1.29, 1.82) is 0 Å². The topological polar surface area (TPSA) is 188 Å². The van der Waals surface area contributed by atoms with Crippen molar-refractivity contribution in [2.75, 3.05) is 39.5 Å². The maximum absolute atomic E-state index is 11.7. The Hall–Kier alpha value is -2.68. The Morgan fingerprint density at radius 1 is 0.767 bits per heavy atom. The average molecular weight is 436 g/mol. The van der Waals surface area contributed by atoms with E-state index in [1.165, 1.54) is 13.8 Å². The fourth-order valence-corrected chi connectivity index (χ4v) is 2.29. The summed E-state index contributed by atoms with van der Waals surface area (Å²) < 4.78 is 30.2. The monoisotopic (exact) mass is 436 g/mol. The molecule has 14 heteroatoms. The summed E-state index contributed by atoms with van der Waals surface area (Å²) in [7, 11) is 0. The maximum Gasteiger partial charge on any atom is 0.407 e. The zero-order chi connectivity index (χ0) is 22.4. The molecule has 30 heavy (non-hydrogen) atoms. The molecule has 0 atom stereocenters. The van der Waals surface area contributed by atoms with Crippen LogP contribution in [0.25, 0.3) is 0 Å². The Bertz CT molecular complexity index is 597. The first-order valence-corrected chi connectivity index (χ1v) is 8.95. The summed E-state index contributed by atoms with van der Waals surface area (Å²) in [6.45, 7) is 1.94. The van der Waals surface area contributed by atoms with Crippen LogP contribution in [0.4, 0.5) is 9.59 Å². The van der Waals surface area contributed by atoms with Crippen molar-refractivity contribution < 1.29 is 57.8 Å². The van der Waals surface area contributed by atoms with Gasteiger partial charge in [0, 0.05) is 26.9 Å². The Balaban J connectivity index is 1.56. The zero-order valence-electron chi connectivity index (χ0n) is 16.4. The first kappa shape index (κ1) is 23.6. The molecule has 4 N–H and O–H groups in total. The second-order valence-electron chi connectivity index (χ2n) is 6.65. The SMILES string of the molecule is CC1(C(=O)O)OCC(OC(=O)NCCNC(=O)OC2COC(C)(C(=O)O)OC2)CO1. The first-order valence-electron chi connectivity index (χ1n) is 8.95. The van der Waals surface area contributed by atoms with Crippen molar-refractivity contribution in [2.45, 2.75) is 37.6 Å². The van der Waals surface area contributed by atoms with Gasteiger partial charge in [-0.3, -0.25) is 0 Å². The van der Waals surface area contributed by atoms with Crippen LogP contribution in [-0.2, 0) is 38.0 Å². The lowest BCUT2D eigenvalue weighted by atomic mass is 10.2. The number of carbonyl (C=O) groups excluding carboxylic acids is 2. The zero-order valence-corrected chi connectivity index (χ0v) is 16.4. The number of carbonyl (C=O) groups is 4. The molecule has 0 aromatic carbocycles. The van der Waals surface area contributed by atoms with Crippen LogP contribution in [0, 0.1) is 0 Å². The van der Waals surface area contributed by atoms with Crippen LogP contribution < -0.4 is 10.6 Å². The van der Waals surface area contributed by atoms with Crippen LogP contribution in [0.3, 0.4) is 0 Å². The summed E-state index contributed by atoms with van der Waals surface area (Å²) in [5.41, 5.74) is 0. The second-order valence-corrected chi connectivity index (χ2v) is 6.65. The van der Waals surface area contributed by atoms with Crippen LogP contribution in [0.15, 0.2) is 0 Å². The molecule has 0 unspecified atom stereocenters. The molecule has 2 aliphatic heterocycles. The molecule has 170 valence electrons. The van der Waals surface area contributed by atoms with Crippen molar-refractivity contribution >= 4 is 24.1 Å². The maximum atomic E-state index is 11.7. The molecule has 2 heterocycles. The molecule has 0 bridgehead atoms. The Morgan fingerprint density at radius 3 is 1.33 bits per heavy atom. The van der Waals surface area contributed by atoms with E-state index in [-0.39, 0.29) is 39.5 Å². The summed E-state index contributed by atoms with van der Waals surface area (Å²) in [4.78, 5) is 45.3. The minimum atomic E-state index is -1.78. The van der Waals surface area contributed by atoms with Crippen LogP contribution in [-0.4, -0.2) is 97.6 Å². The van der Waals surface area contributed by atoms with Gasteiger partial charge >= 0.3 is 24.1 Å². The smallest absolute Gasteiger partial charge is 0.407 e. The number of hydrogen-bond donors (Lipinski definition) is 4. The van der Waals surface area contributed by atoms with Crippen molar-refractivity contribution in [3.8, 4) is 0 Å². The number of carboxylic acids is 2. The van der Waals surface area contributed by atoms with E-state index in [4.69, 9.17) is 38.6 Å². The van der Waals surface area contributed by atoms with Gasteiger partial charge in [0.1, 0.15) is 0 Å². The van der Waals surface area contributed by atoms with Gasteiger partial charge < -0.3 is 49.3 Å². The van der Waals surface area contributed by atoms with Crippen LogP contribution >= 0.6 is 0 Å². The van der Waals surface area contributed by atoms with Crippen molar-refractivity contribution in [2.24, 2.45) is 0 Å². The largest absolute Gasteiger partial charge is 0.477 e. The van der Waals surface area contributed by atoms with E-state index in [2.05, 4.69) is 10.6 Å². The lowest BCUT2D eigenvalue weighted by Gasteiger charge is -2.33. The number of aliphatic carboxylic acids is 2. The van der Waals surface area contributed by atoms with Gasteiger partial charge in [0.2, 0.25) is 0 Å². The lowest BCUT2D eigenvalue weighted by Crippen LogP contribution is -2.51. The van der Waals surface area contributed by atoms with E-state index >= 15 is 0 Å². The molecule has 0 radical (unpaired) electrons. The van der Waals surface area contributed by atoms with Gasteiger partial charge in [0.25, 0.3) is 11.6 Å². The highest BCUT2D eigenvalue weighted by molar-refractivity contribution is 5.75. The molecule has 2 fully saturated rings. The molecular weight excluding hydrogens is 412 g/mol. The fourth-order valence-electron chi connectivity index (χ4n) is 2.29. The number of hydrogen-bond acceptors (Lipinski definition) is 10. The molecular formula is C16H24N2O12. The number of amides is 2. The molecule has 2 aliphatic rings. The van der Waals surface area contributed by atoms with E-state index in [1.54, 1.807) is 0 Å². The van der Waals surface area contributed by atoms with Gasteiger partial charge in [-0.25, -0.2) is 19.2 Å². The standard InChI is InChI=1S/C16H24N2O12/c1-15(11(19)20)25-5-9(6-26-15)29-13(23)17-3-4-18-14(24)30-10-7-27-16(2,12(21)22)28-8-10/h9-10H,3-8H2,1-2H3,(H,17,23)(H,18,24)(H,19,20)(H,21,22). The lowest BCUT2D eigenvalue weighted by molar-refractivity contribution is -0.278. The van der Waals surface area contributed by atoms with Crippen LogP contribution in [0.5, 0.6) is 0 Å². The minimum absolute atomic E-state index is 0.0178. The molecule has 0 spiro atoms. The van der Waals surface area contributed by atoms with Crippen molar-refractivity contribution in [3.05, 3.63) is 0 Å². The van der Waals surface area contributed by atoms with E-state index in [0.29, 0.717) is 0 Å². The summed E-state index contributed by atoms with van der Waals surface area (Å²) in [6.07, 6.45) is -3.16. The Labute approximate surface area is 170 Å². The first-order chi connectivity index (χ1) is 14.0. The van der Waals surface area contributed by atoms with Crippen molar-refractivity contribution in [1.82, 2.24) is 10.6 Å². The van der Waals surface area contributed by atoms with Crippen LogP contribution in [0.2, 0.25) is 0 Å². The highest BCUT2D eigenvalue weighted by atomic mass is 16.7. The van der Waals surface area contributed by atoms with Gasteiger partial charge in [0.15, 0.2) is 12.2 Å². The highest BCUT2D eigenvalue weighted by Gasteiger charge is 2.42.